The van der Waals surface area contributed by atoms with Gasteiger partial charge in [-0.2, -0.15) is 0 Å². The van der Waals surface area contributed by atoms with E-state index in [2.05, 4.69) is 5.32 Å². The Balaban J connectivity index is 1.89. The highest BCUT2D eigenvalue weighted by Crippen LogP contribution is 2.28. The molecule has 0 radical (unpaired) electrons. The Kier molecular flexibility index (Phi) is 4.04. The molecule has 7 nitrogen and oxygen atoms in total. The molecule has 2 N–H and O–H groups in total. The van der Waals surface area contributed by atoms with Crippen molar-refractivity contribution in [2.45, 2.75) is 37.6 Å². The molecule has 0 aromatic carbocycles. The van der Waals surface area contributed by atoms with E-state index in [1.54, 1.807) is 0 Å². The molecule has 2 fully saturated rings. The summed E-state index contributed by atoms with van der Waals surface area (Å²) in [5.41, 5.74) is -0.790. The number of hydrogen-bond acceptors (Lipinski definition) is 4. The van der Waals surface area contributed by atoms with Crippen LogP contribution < -0.4 is 5.32 Å². The molecular formula is C12H18N2O5. The number of aliphatic carboxylic acids is 1. The number of nitrogens with zero attached hydrogens (tertiary/aromatic N) is 1. The molecule has 19 heavy (non-hydrogen) atoms. The van der Waals surface area contributed by atoms with Crippen LogP contribution in [0.5, 0.6) is 0 Å². The number of ether oxygens (including phenoxy) is 1. The van der Waals surface area contributed by atoms with E-state index in [0.29, 0.717) is 38.9 Å². The number of hydrogen-bond donors (Lipinski definition) is 2. The van der Waals surface area contributed by atoms with Crippen molar-refractivity contribution in [2.24, 2.45) is 0 Å². The highest BCUT2D eigenvalue weighted by molar-refractivity contribution is 6.07. The molecule has 2 heterocycles. The summed E-state index contributed by atoms with van der Waals surface area (Å²) in [5.74, 6) is -1.06. The maximum absolute atomic E-state index is 12.3. The minimum absolute atomic E-state index is 0.0582. The molecule has 2 aliphatic rings. The number of carboxylic acid groups (broad SMARTS) is 1. The first-order chi connectivity index (χ1) is 9.05. The lowest BCUT2D eigenvalue weighted by Crippen LogP contribution is -2.51. The van der Waals surface area contributed by atoms with Crippen molar-refractivity contribution in [3.63, 3.8) is 0 Å². The number of urea groups is 1. The number of unbranched alkanes of at least 4 members (excludes halogenated alkanes) is 1. The lowest BCUT2D eigenvalue weighted by Gasteiger charge is -2.30. The number of carbonyl (C=O) groups is 3. The third-order valence-electron chi connectivity index (χ3n) is 3.61. The summed E-state index contributed by atoms with van der Waals surface area (Å²) in [7, 11) is 0. The monoisotopic (exact) mass is 270 g/mol. The molecule has 0 bridgehead atoms. The van der Waals surface area contributed by atoms with Crippen LogP contribution in [-0.4, -0.2) is 53.2 Å². The zero-order chi connectivity index (χ0) is 13.9. The average molecular weight is 270 g/mol. The summed E-state index contributed by atoms with van der Waals surface area (Å²) in [5, 5.41) is 11.3. The van der Waals surface area contributed by atoms with Gasteiger partial charge in [0, 0.05) is 39.0 Å². The molecule has 2 saturated heterocycles. The average Bonchev–Trinajstić information content (AvgIpc) is 2.59. The first kappa shape index (κ1) is 13.8. The Morgan fingerprint density at radius 1 is 1.32 bits per heavy atom. The van der Waals surface area contributed by atoms with Crippen LogP contribution in [0.3, 0.4) is 0 Å². The van der Waals surface area contributed by atoms with Gasteiger partial charge in [0.2, 0.25) is 0 Å². The van der Waals surface area contributed by atoms with E-state index in [1.807, 2.05) is 0 Å². The Labute approximate surface area is 110 Å². The van der Waals surface area contributed by atoms with Crippen molar-refractivity contribution in [1.82, 2.24) is 10.2 Å². The Morgan fingerprint density at radius 2 is 2.00 bits per heavy atom. The van der Waals surface area contributed by atoms with Gasteiger partial charge in [0.05, 0.1) is 0 Å². The summed E-state index contributed by atoms with van der Waals surface area (Å²) >= 11 is 0. The van der Waals surface area contributed by atoms with Crippen LogP contribution in [-0.2, 0) is 14.3 Å². The normalized spacial score (nSPS) is 21.8. The number of carbonyl (C=O) groups excluding carboxylic acids is 2. The SMILES string of the molecule is O=C(O)CCCCN1C(=O)NC2(CCOCC2)C1=O. The van der Waals surface area contributed by atoms with Crippen LogP contribution in [0.15, 0.2) is 0 Å². The van der Waals surface area contributed by atoms with Gasteiger partial charge in [0.15, 0.2) is 0 Å². The Bertz CT molecular complexity index is 390. The quantitative estimate of drug-likeness (QED) is 0.555. The molecular weight excluding hydrogens is 252 g/mol. The van der Waals surface area contributed by atoms with Gasteiger partial charge < -0.3 is 15.2 Å². The molecule has 2 rings (SSSR count). The highest BCUT2D eigenvalue weighted by Gasteiger charge is 2.51. The summed E-state index contributed by atoms with van der Waals surface area (Å²) in [4.78, 5) is 35.7. The van der Waals surface area contributed by atoms with Crippen molar-refractivity contribution in [3.05, 3.63) is 0 Å². The van der Waals surface area contributed by atoms with E-state index in [1.165, 1.54) is 4.90 Å². The minimum atomic E-state index is -0.863. The maximum atomic E-state index is 12.3. The lowest BCUT2D eigenvalue weighted by atomic mass is 9.90. The molecule has 0 saturated carbocycles. The molecule has 0 aliphatic carbocycles. The van der Waals surface area contributed by atoms with Crippen LogP contribution in [0.25, 0.3) is 0 Å². The third-order valence-corrected chi connectivity index (χ3v) is 3.61. The van der Waals surface area contributed by atoms with E-state index in [9.17, 15) is 14.4 Å². The second kappa shape index (κ2) is 5.56. The zero-order valence-electron chi connectivity index (χ0n) is 10.7. The maximum Gasteiger partial charge on any atom is 0.325 e. The smallest absolute Gasteiger partial charge is 0.325 e. The van der Waals surface area contributed by atoms with Crippen molar-refractivity contribution in [1.29, 1.82) is 0 Å². The highest BCUT2D eigenvalue weighted by atomic mass is 16.5. The topological polar surface area (TPSA) is 95.9 Å². The molecule has 2 aliphatic heterocycles. The zero-order valence-corrected chi connectivity index (χ0v) is 10.7. The van der Waals surface area contributed by atoms with Gasteiger partial charge in [-0.1, -0.05) is 0 Å². The van der Waals surface area contributed by atoms with Crippen LogP contribution in [0.4, 0.5) is 4.79 Å². The van der Waals surface area contributed by atoms with Gasteiger partial charge in [0.25, 0.3) is 5.91 Å². The number of imide groups is 1. The molecule has 0 unspecified atom stereocenters. The number of amides is 3. The number of nitrogens with one attached hydrogen (secondary N) is 1. The lowest BCUT2D eigenvalue weighted by molar-refractivity contribution is -0.137. The summed E-state index contributed by atoms with van der Waals surface area (Å²) < 4.78 is 5.21. The largest absolute Gasteiger partial charge is 0.481 e. The first-order valence-corrected chi connectivity index (χ1v) is 6.49. The third kappa shape index (κ3) is 2.86. The summed E-state index contributed by atoms with van der Waals surface area (Å²) in [6.45, 7) is 1.22. The van der Waals surface area contributed by atoms with Gasteiger partial charge in [0.1, 0.15) is 5.54 Å². The van der Waals surface area contributed by atoms with Gasteiger partial charge in [-0.05, 0) is 12.8 Å². The van der Waals surface area contributed by atoms with Gasteiger partial charge in [-0.15, -0.1) is 0 Å². The summed E-state index contributed by atoms with van der Waals surface area (Å²) in [6, 6.07) is -0.373. The molecule has 106 valence electrons. The predicted octanol–water partition coefficient (Wildman–Crippen LogP) is 0.342. The van der Waals surface area contributed by atoms with Crippen LogP contribution >= 0.6 is 0 Å². The van der Waals surface area contributed by atoms with Crippen LogP contribution in [0.2, 0.25) is 0 Å². The van der Waals surface area contributed by atoms with E-state index >= 15 is 0 Å². The first-order valence-electron chi connectivity index (χ1n) is 6.49. The van der Waals surface area contributed by atoms with Crippen molar-refractivity contribution < 1.29 is 24.2 Å². The fourth-order valence-corrected chi connectivity index (χ4v) is 2.48. The molecule has 3 amide bonds. The molecule has 0 aromatic rings. The molecule has 0 aromatic heterocycles. The van der Waals surface area contributed by atoms with Crippen molar-refractivity contribution >= 4 is 17.9 Å². The predicted molar refractivity (Wildman–Crippen MR) is 64.5 cm³/mol. The fraction of sp³-hybridized carbons (Fsp3) is 0.750. The van der Waals surface area contributed by atoms with Crippen molar-refractivity contribution in [2.75, 3.05) is 19.8 Å². The van der Waals surface area contributed by atoms with Crippen LogP contribution in [0.1, 0.15) is 32.1 Å². The summed E-state index contributed by atoms with van der Waals surface area (Å²) in [6.07, 6.45) is 2.04. The van der Waals surface area contributed by atoms with Gasteiger partial charge >= 0.3 is 12.0 Å². The van der Waals surface area contributed by atoms with Gasteiger partial charge in [-0.3, -0.25) is 14.5 Å². The van der Waals surface area contributed by atoms with E-state index in [0.717, 1.165) is 0 Å². The number of rotatable bonds is 5. The molecule has 7 heteroatoms. The van der Waals surface area contributed by atoms with Gasteiger partial charge in [-0.25, -0.2) is 4.79 Å². The van der Waals surface area contributed by atoms with E-state index in [4.69, 9.17) is 9.84 Å². The second-order valence-electron chi connectivity index (χ2n) is 4.93. The minimum Gasteiger partial charge on any atom is -0.481 e. The Hall–Kier alpha value is -1.63. The number of carboxylic acids is 1. The molecule has 1 spiro atoms. The van der Waals surface area contributed by atoms with Crippen LogP contribution in [0, 0.1) is 0 Å². The van der Waals surface area contributed by atoms with E-state index in [-0.39, 0.29) is 24.9 Å². The second-order valence-corrected chi connectivity index (χ2v) is 4.93. The standard InChI is InChI=1S/C12H18N2O5/c15-9(16)3-1-2-6-14-10(17)12(13-11(14)18)4-7-19-8-5-12/h1-8H2,(H,13,18)(H,15,16). The fourth-order valence-electron chi connectivity index (χ4n) is 2.48. The van der Waals surface area contributed by atoms with E-state index < -0.39 is 11.5 Å². The Morgan fingerprint density at radius 3 is 2.63 bits per heavy atom. The van der Waals surface area contributed by atoms with Crippen molar-refractivity contribution in [3.8, 4) is 0 Å². The molecule has 0 atom stereocenters.